The molecule has 5 nitrogen and oxygen atoms in total. The van der Waals surface area contributed by atoms with Gasteiger partial charge in [-0.3, -0.25) is 0 Å². The molecule has 1 aliphatic heterocycles. The maximum absolute atomic E-state index is 15.0. The molecule has 0 spiro atoms. The number of hydrogen-bond acceptors (Lipinski definition) is 2. The first-order valence-corrected chi connectivity index (χ1v) is 22.9. The van der Waals surface area contributed by atoms with E-state index in [1.54, 1.807) is 0 Å². The predicted molar refractivity (Wildman–Crippen MR) is 273 cm³/mol. The second-order valence-corrected chi connectivity index (χ2v) is 18.5. The Kier molecular flexibility index (Phi) is 11.9. The molecule has 0 N–H and O–H groups in total. The van der Waals surface area contributed by atoms with Gasteiger partial charge in [-0.2, -0.15) is 6.07 Å². The minimum atomic E-state index is -0.655. The van der Waals surface area contributed by atoms with E-state index in [0.29, 0.717) is 28.3 Å². The number of pyridine rings is 1. The van der Waals surface area contributed by atoms with Gasteiger partial charge in [-0.1, -0.05) is 148 Å². The fraction of sp³-hybridized carbons (Fsp3) is 0.115. The maximum atomic E-state index is 15.0. The van der Waals surface area contributed by atoms with Gasteiger partial charge >= 0.3 is 27.1 Å². The molecule has 1 aliphatic rings. The number of benzene rings is 8. The van der Waals surface area contributed by atoms with Crippen molar-refractivity contribution in [1.29, 1.82) is 0 Å². The number of hydrogen-bond donors (Lipinski definition) is 0. The third-order valence-electron chi connectivity index (χ3n) is 12.7. The maximum Gasteiger partial charge on any atom is 2.00 e. The fourth-order valence-corrected chi connectivity index (χ4v) is 9.40. The quantitative estimate of drug-likeness (QED) is 0.107. The van der Waals surface area contributed by atoms with E-state index in [2.05, 4.69) is 124 Å². The Morgan fingerprint density at radius 1 is 0.594 bits per heavy atom. The van der Waals surface area contributed by atoms with Crippen molar-refractivity contribution in [2.45, 2.75) is 46.0 Å². The van der Waals surface area contributed by atoms with E-state index < -0.39 is 11.6 Å². The number of halogens is 2. The van der Waals surface area contributed by atoms with Crippen molar-refractivity contribution in [2.24, 2.45) is 0 Å². The Balaban J connectivity index is 0.00000553. The molecule has 3 heterocycles. The van der Waals surface area contributed by atoms with E-state index in [1.807, 2.05) is 106 Å². The number of fused-ring (bicyclic) bond motifs is 4. The molecule has 338 valence electrons. The zero-order valence-corrected chi connectivity index (χ0v) is 40.9. The molecule has 69 heavy (non-hydrogen) atoms. The molecule has 2 aromatic heterocycles. The van der Waals surface area contributed by atoms with Gasteiger partial charge in [-0.25, -0.2) is 13.8 Å². The molecular weight excluding hydrogens is 1040 g/mol. The van der Waals surface area contributed by atoms with Gasteiger partial charge in [0.2, 0.25) is 5.69 Å². The van der Waals surface area contributed by atoms with E-state index in [4.69, 9.17) is 9.72 Å². The smallest absolute Gasteiger partial charge is 0.509 e. The molecule has 0 saturated heterocycles. The SMILES string of the molecule is CC(C)c1ccccc1-c1cc(Oc2[c-]c3c(cc2)c2ccccc2n3-c2cc(C(C)(C)C)ccn2)[c-]c([N+]2=C=[N+](c3c(-c4ccccc4)cccc3-c3cc(F)cc(F)c3)c3ccccc32)c1.[Pt+2]. The Hall–Kier alpha value is -7.56. The first kappa shape index (κ1) is 45.2. The number of rotatable bonds is 9. The molecule has 0 atom stereocenters. The predicted octanol–water partition coefficient (Wildman–Crippen LogP) is 16.1. The molecule has 0 bridgehead atoms. The third-order valence-corrected chi connectivity index (χ3v) is 12.7. The summed E-state index contributed by atoms with van der Waals surface area (Å²) in [5, 5.41) is 2.13. The summed E-state index contributed by atoms with van der Waals surface area (Å²) < 4.78 is 43.0. The van der Waals surface area contributed by atoms with Crippen molar-refractivity contribution in [3.05, 3.63) is 217 Å². The van der Waals surface area contributed by atoms with E-state index in [0.717, 1.165) is 73.0 Å². The van der Waals surface area contributed by atoms with Gasteiger partial charge in [-0.15, -0.1) is 29.1 Å². The molecule has 0 radical (unpaired) electrons. The largest absolute Gasteiger partial charge is 2.00 e. The summed E-state index contributed by atoms with van der Waals surface area (Å²) in [7, 11) is 0. The molecule has 8 aromatic carbocycles. The van der Waals surface area contributed by atoms with Crippen LogP contribution in [0.25, 0.3) is 61.0 Å². The van der Waals surface area contributed by atoms with Crippen LogP contribution >= 0.6 is 0 Å². The minimum absolute atomic E-state index is 0. The first-order valence-electron chi connectivity index (χ1n) is 22.9. The van der Waals surface area contributed by atoms with E-state index >= 15 is 0 Å². The number of aromatic nitrogens is 2. The van der Waals surface area contributed by atoms with Gasteiger partial charge in [0.05, 0.1) is 11.1 Å². The van der Waals surface area contributed by atoms with Crippen LogP contribution in [0.15, 0.2) is 182 Å². The number of ether oxygens (including phenoxy) is 1. The molecule has 0 saturated carbocycles. The summed E-state index contributed by atoms with van der Waals surface area (Å²) in [5.74, 6) is 0.745. The van der Waals surface area contributed by atoms with Gasteiger partial charge in [0.1, 0.15) is 23.1 Å². The second-order valence-electron chi connectivity index (χ2n) is 18.5. The molecule has 0 unspecified atom stereocenters. The average Bonchev–Trinajstić information content (AvgIpc) is 3.89. The normalized spacial score (nSPS) is 12.2. The Labute approximate surface area is 415 Å². The van der Waals surface area contributed by atoms with E-state index in [-0.39, 0.29) is 32.4 Å². The van der Waals surface area contributed by atoms with Crippen molar-refractivity contribution >= 4 is 50.6 Å². The average molecular weight is 1080 g/mol. The summed E-state index contributed by atoms with van der Waals surface area (Å²) in [6, 6.07) is 67.8. The first-order chi connectivity index (χ1) is 33.0. The van der Waals surface area contributed by atoms with Crippen LogP contribution in [-0.4, -0.2) is 15.6 Å². The van der Waals surface area contributed by atoms with Gasteiger partial charge in [0.15, 0.2) is 0 Å². The van der Waals surface area contributed by atoms with Crippen molar-refractivity contribution in [2.75, 3.05) is 0 Å². The second kappa shape index (κ2) is 18.2. The summed E-state index contributed by atoms with van der Waals surface area (Å²) >= 11 is 0. The van der Waals surface area contributed by atoms with Crippen molar-refractivity contribution in [3.8, 4) is 50.7 Å². The van der Waals surface area contributed by atoms with Crippen LogP contribution in [0.1, 0.15) is 51.7 Å². The molecule has 8 heteroatoms. The standard InChI is InChI=1S/C61H46F2N4O.Pt/c1-39(2)49-18-9-10-19-50(49)42-32-46(36-48(33-42)68-47-26-27-54-53-20-11-12-23-55(53)67(58(54)37-47)59-34-43(28-29-64-59)61(3,4)5)65-38-66(57-25-14-13-24-56(57)65)60-51(40-16-7-6-8-17-40)21-15-22-52(60)41-30-44(62)35-45(63)31-41;/h6-35,39H,1-5H3;/q;+2. The minimum Gasteiger partial charge on any atom is -0.509 e. The number of nitrogens with zero attached hydrogens (tertiary/aromatic N) is 4. The van der Waals surface area contributed by atoms with Gasteiger partial charge in [0.25, 0.3) is 11.4 Å². The van der Waals surface area contributed by atoms with Crippen molar-refractivity contribution in [1.82, 2.24) is 18.7 Å². The molecular formula is C61H46F2N4OPt+2. The van der Waals surface area contributed by atoms with E-state index in [9.17, 15) is 8.78 Å². The van der Waals surface area contributed by atoms with Gasteiger partial charge in [-0.05, 0) is 91.6 Å². The summed E-state index contributed by atoms with van der Waals surface area (Å²) in [6.07, 6.45) is 1.88. The van der Waals surface area contributed by atoms with E-state index in [1.165, 1.54) is 23.3 Å². The van der Waals surface area contributed by atoms with Crippen LogP contribution in [0.4, 0.5) is 31.5 Å². The van der Waals surface area contributed by atoms with Crippen LogP contribution in [0.2, 0.25) is 0 Å². The molecule has 0 fully saturated rings. The van der Waals surface area contributed by atoms with Crippen LogP contribution in [0, 0.1) is 23.8 Å². The fourth-order valence-electron chi connectivity index (χ4n) is 9.40. The van der Waals surface area contributed by atoms with Crippen LogP contribution < -0.4 is 13.9 Å². The van der Waals surface area contributed by atoms with Crippen LogP contribution in [0.3, 0.4) is 0 Å². The zero-order chi connectivity index (χ0) is 46.7. The molecule has 11 rings (SSSR count). The Bertz CT molecular complexity index is 3670. The third kappa shape index (κ3) is 8.43. The van der Waals surface area contributed by atoms with Crippen LogP contribution in [-0.2, 0) is 26.5 Å². The van der Waals surface area contributed by atoms with Gasteiger partial charge in [0, 0.05) is 41.4 Å². The molecule has 0 amide bonds. The topological polar surface area (TPSA) is 33.1 Å². The summed E-state index contributed by atoms with van der Waals surface area (Å²) in [6.45, 7) is 11.0. The van der Waals surface area contributed by atoms with Crippen molar-refractivity contribution < 1.29 is 34.6 Å². The van der Waals surface area contributed by atoms with Crippen LogP contribution in [0.5, 0.6) is 11.5 Å². The monoisotopic (exact) mass is 1080 g/mol. The molecule has 0 aliphatic carbocycles. The molecule has 10 aromatic rings. The van der Waals surface area contributed by atoms with Crippen molar-refractivity contribution in [3.63, 3.8) is 0 Å². The Morgan fingerprint density at radius 3 is 2.00 bits per heavy atom. The summed E-state index contributed by atoms with van der Waals surface area (Å²) in [5.41, 5.74) is 12.1. The number of para-hydroxylation sites is 4. The summed E-state index contributed by atoms with van der Waals surface area (Å²) in [4.78, 5) is 4.88. The Morgan fingerprint density at radius 2 is 1.25 bits per heavy atom. The zero-order valence-electron chi connectivity index (χ0n) is 38.7. The van der Waals surface area contributed by atoms with Gasteiger partial charge < -0.3 is 9.30 Å².